The molecule has 0 bridgehead atoms. The van der Waals surface area contributed by atoms with Crippen LogP contribution in [0, 0.1) is 7.14 Å². The number of benzene rings is 2. The normalized spacial score (nSPS) is 11.2. The molecule has 0 saturated heterocycles. The molecule has 0 spiro atoms. The van der Waals surface area contributed by atoms with E-state index in [1.54, 1.807) is 12.1 Å². The maximum atomic E-state index is 12.1. The van der Waals surface area contributed by atoms with E-state index in [1.807, 2.05) is 45.2 Å². The summed E-state index contributed by atoms with van der Waals surface area (Å²) in [5.41, 5.74) is 0.570. The lowest BCUT2D eigenvalue weighted by Crippen LogP contribution is -2.16. The number of carbonyl (C=O) groups is 1. The Morgan fingerprint density at radius 1 is 1.00 bits per heavy atom. The van der Waals surface area contributed by atoms with Crippen molar-refractivity contribution in [1.82, 2.24) is 0 Å². The Morgan fingerprint density at radius 2 is 1.48 bits per heavy atom. The van der Waals surface area contributed by atoms with E-state index in [2.05, 4.69) is 4.74 Å². The Balaban J connectivity index is 2.21. The van der Waals surface area contributed by atoms with Crippen LogP contribution in [0.5, 0.6) is 17.2 Å². The van der Waals surface area contributed by atoms with Gasteiger partial charge in [0.1, 0.15) is 11.5 Å². The summed E-state index contributed by atoms with van der Waals surface area (Å²) < 4.78 is 47.3. The van der Waals surface area contributed by atoms with E-state index < -0.39 is 6.36 Å². The van der Waals surface area contributed by atoms with Crippen molar-refractivity contribution in [3.8, 4) is 17.2 Å². The molecule has 0 fully saturated rings. The molecule has 23 heavy (non-hydrogen) atoms. The van der Waals surface area contributed by atoms with Crippen LogP contribution in [0.25, 0.3) is 0 Å². The predicted molar refractivity (Wildman–Crippen MR) is 95.1 cm³/mol. The molecule has 0 aliphatic rings. The van der Waals surface area contributed by atoms with E-state index in [9.17, 15) is 18.0 Å². The highest BCUT2D eigenvalue weighted by atomic mass is 127. The molecule has 0 aromatic heterocycles. The fourth-order valence-corrected chi connectivity index (χ4v) is 3.68. The lowest BCUT2D eigenvalue weighted by Gasteiger charge is -2.12. The van der Waals surface area contributed by atoms with Gasteiger partial charge in [0.25, 0.3) is 0 Å². The van der Waals surface area contributed by atoms with Crippen LogP contribution < -0.4 is 9.47 Å². The van der Waals surface area contributed by atoms with Crippen molar-refractivity contribution in [3.05, 3.63) is 49.1 Å². The zero-order chi connectivity index (χ0) is 17.2. The minimum Gasteiger partial charge on any atom is -0.455 e. The van der Waals surface area contributed by atoms with Gasteiger partial charge in [0.15, 0.2) is 11.5 Å². The van der Waals surface area contributed by atoms with E-state index in [4.69, 9.17) is 4.74 Å². The summed E-state index contributed by atoms with van der Waals surface area (Å²) in [6.07, 6.45) is -4.73. The number of alkyl halides is 3. The quantitative estimate of drug-likeness (QED) is 0.359. The molecule has 0 amide bonds. The number of rotatable bonds is 4. The minimum absolute atomic E-state index is 0.0546. The van der Waals surface area contributed by atoms with Crippen LogP contribution in [0.2, 0.25) is 0 Å². The highest BCUT2D eigenvalue weighted by molar-refractivity contribution is 14.1. The Bertz CT molecular complexity index is 705. The monoisotopic (exact) mass is 548 g/mol. The number of ether oxygens (including phenoxy) is 2. The van der Waals surface area contributed by atoms with Gasteiger partial charge in [0, 0.05) is 5.56 Å². The van der Waals surface area contributed by atoms with E-state index in [0.717, 1.165) is 7.14 Å². The van der Waals surface area contributed by atoms with Crippen LogP contribution in [-0.4, -0.2) is 12.1 Å². The topological polar surface area (TPSA) is 35.5 Å². The maximum Gasteiger partial charge on any atom is 0.573 e. The number of hydrogen-bond acceptors (Lipinski definition) is 3. The van der Waals surface area contributed by atoms with Crippen molar-refractivity contribution >= 4 is 51.0 Å². The molecule has 122 valence electrons. The largest absolute Gasteiger partial charge is 0.573 e. The smallest absolute Gasteiger partial charge is 0.455 e. The first-order valence-corrected chi connectivity index (χ1v) is 8.35. The highest BCUT2D eigenvalue weighted by Crippen LogP contribution is 2.34. The highest BCUT2D eigenvalue weighted by Gasteiger charge is 2.31. The SMILES string of the molecule is CC(=O)c1cc(I)c(Oc2ccc(OC(F)(F)F)cc2)c(I)c1. The third-order valence-corrected chi connectivity index (χ3v) is 4.28. The van der Waals surface area contributed by atoms with Crippen molar-refractivity contribution in [2.45, 2.75) is 13.3 Å². The van der Waals surface area contributed by atoms with Crippen LogP contribution in [0.1, 0.15) is 17.3 Å². The first-order chi connectivity index (χ1) is 10.7. The molecular weight excluding hydrogens is 539 g/mol. The lowest BCUT2D eigenvalue weighted by molar-refractivity contribution is -0.274. The van der Waals surface area contributed by atoms with Gasteiger partial charge in [0.2, 0.25) is 0 Å². The third kappa shape index (κ3) is 5.23. The summed E-state index contributed by atoms with van der Waals surface area (Å²) in [6.45, 7) is 1.47. The lowest BCUT2D eigenvalue weighted by atomic mass is 10.1. The Labute approximate surface area is 157 Å². The van der Waals surface area contributed by atoms with Gasteiger partial charge in [-0.3, -0.25) is 4.79 Å². The fraction of sp³-hybridized carbons (Fsp3) is 0.133. The van der Waals surface area contributed by atoms with Gasteiger partial charge < -0.3 is 9.47 Å². The van der Waals surface area contributed by atoms with Gasteiger partial charge in [-0.05, 0) is 88.5 Å². The van der Waals surface area contributed by atoms with Crippen LogP contribution >= 0.6 is 45.2 Å². The molecule has 0 unspecified atom stereocenters. The Hall–Kier alpha value is -1.04. The molecule has 0 atom stereocenters. The van der Waals surface area contributed by atoms with Crippen molar-refractivity contribution in [2.75, 3.05) is 0 Å². The number of halogens is 5. The average Bonchev–Trinajstić information content (AvgIpc) is 2.42. The molecule has 0 radical (unpaired) electrons. The summed E-state index contributed by atoms with van der Waals surface area (Å²) in [5.74, 6) is 0.536. The third-order valence-electron chi connectivity index (χ3n) is 2.68. The van der Waals surface area contributed by atoms with Crippen LogP contribution in [0.15, 0.2) is 36.4 Å². The average molecular weight is 548 g/mol. The van der Waals surface area contributed by atoms with Gasteiger partial charge >= 0.3 is 6.36 Å². The van der Waals surface area contributed by atoms with Gasteiger partial charge in [-0.1, -0.05) is 0 Å². The zero-order valence-corrected chi connectivity index (χ0v) is 15.9. The maximum absolute atomic E-state index is 12.1. The molecule has 8 heteroatoms. The second kappa shape index (κ2) is 7.24. The van der Waals surface area contributed by atoms with E-state index in [-0.39, 0.29) is 11.5 Å². The first-order valence-electron chi connectivity index (χ1n) is 6.19. The summed E-state index contributed by atoms with van der Waals surface area (Å²) in [5, 5.41) is 0. The molecule has 0 aliphatic carbocycles. The van der Waals surface area contributed by atoms with Crippen LogP contribution in [0.3, 0.4) is 0 Å². The van der Waals surface area contributed by atoms with Crippen molar-refractivity contribution in [3.63, 3.8) is 0 Å². The molecule has 3 nitrogen and oxygen atoms in total. The van der Waals surface area contributed by atoms with Gasteiger partial charge in [-0.2, -0.15) is 0 Å². The minimum atomic E-state index is -4.73. The molecule has 2 rings (SSSR count). The number of carbonyl (C=O) groups excluding carboxylic acids is 1. The summed E-state index contributed by atoms with van der Waals surface area (Å²) in [4.78, 5) is 11.4. The molecular formula is C15H9F3I2O3. The predicted octanol–water partition coefficient (Wildman–Crippen LogP) is 5.79. The van der Waals surface area contributed by atoms with Gasteiger partial charge in [-0.15, -0.1) is 13.2 Å². The number of Topliss-reactive ketones (excluding diaryl/α,β-unsaturated/α-hetero) is 1. The van der Waals surface area contributed by atoms with Crippen LogP contribution in [-0.2, 0) is 0 Å². The zero-order valence-electron chi connectivity index (χ0n) is 11.6. The molecule has 2 aromatic rings. The fourth-order valence-electron chi connectivity index (χ4n) is 1.69. The summed E-state index contributed by atoms with van der Waals surface area (Å²) in [7, 11) is 0. The number of ketones is 1. The standard InChI is InChI=1S/C15H9F3I2O3/c1-8(21)9-6-12(19)14(13(20)7-9)22-10-2-4-11(5-3-10)23-15(16,17)18/h2-7H,1H3. The second-order valence-electron chi connectivity index (χ2n) is 4.45. The number of hydrogen-bond donors (Lipinski definition) is 0. The molecule has 0 heterocycles. The molecule has 2 aromatic carbocycles. The van der Waals surface area contributed by atoms with Gasteiger partial charge in [0.05, 0.1) is 7.14 Å². The second-order valence-corrected chi connectivity index (χ2v) is 6.77. The molecule has 0 saturated carbocycles. The summed E-state index contributed by atoms with van der Waals surface area (Å²) in [6, 6.07) is 8.50. The van der Waals surface area contributed by atoms with E-state index in [1.165, 1.54) is 31.2 Å². The van der Waals surface area contributed by atoms with Crippen molar-refractivity contribution in [2.24, 2.45) is 0 Å². The summed E-state index contributed by atoms with van der Waals surface area (Å²) >= 11 is 4.08. The van der Waals surface area contributed by atoms with Crippen molar-refractivity contribution in [1.29, 1.82) is 0 Å². The van der Waals surface area contributed by atoms with Gasteiger partial charge in [-0.25, -0.2) is 0 Å². The Morgan fingerprint density at radius 3 is 1.91 bits per heavy atom. The Kier molecular flexibility index (Phi) is 5.76. The molecule has 0 N–H and O–H groups in total. The van der Waals surface area contributed by atoms with E-state index in [0.29, 0.717) is 17.1 Å². The molecule has 0 aliphatic heterocycles. The first kappa shape index (κ1) is 18.3. The van der Waals surface area contributed by atoms with E-state index >= 15 is 0 Å². The van der Waals surface area contributed by atoms with Crippen molar-refractivity contribution < 1.29 is 27.4 Å². The van der Waals surface area contributed by atoms with Crippen LogP contribution in [0.4, 0.5) is 13.2 Å².